The molecule has 0 aliphatic heterocycles. The van der Waals surface area contributed by atoms with Crippen molar-refractivity contribution in [2.45, 2.75) is 33.6 Å². The van der Waals surface area contributed by atoms with E-state index in [4.69, 9.17) is 0 Å². The molecule has 5 heteroatoms. The van der Waals surface area contributed by atoms with Crippen molar-refractivity contribution in [1.29, 1.82) is 0 Å². The first-order chi connectivity index (χ1) is 8.26. The summed E-state index contributed by atoms with van der Waals surface area (Å²) in [6.45, 7) is 8.88. The number of thiazole rings is 1. The molecule has 0 spiro atoms. The first-order valence-corrected chi connectivity index (χ1v) is 7.07. The van der Waals surface area contributed by atoms with Crippen molar-refractivity contribution in [3.05, 3.63) is 16.1 Å². The highest BCUT2D eigenvalue weighted by Gasteiger charge is 1.99. The summed E-state index contributed by atoms with van der Waals surface area (Å²) in [7, 11) is 0. The Hall–Kier alpha value is -1.10. The Labute approximate surface area is 108 Å². The van der Waals surface area contributed by atoms with Gasteiger partial charge in [0.1, 0.15) is 0 Å². The normalized spacial score (nSPS) is 11.6. The van der Waals surface area contributed by atoms with E-state index in [0.29, 0.717) is 0 Å². The molecular formula is C12H22N4S. The maximum atomic E-state index is 4.44. The van der Waals surface area contributed by atoms with Crippen LogP contribution in [-0.4, -0.2) is 30.6 Å². The van der Waals surface area contributed by atoms with E-state index in [1.54, 1.807) is 11.3 Å². The maximum Gasteiger partial charge on any atom is 0.191 e. The summed E-state index contributed by atoms with van der Waals surface area (Å²) < 4.78 is 0. The Morgan fingerprint density at radius 1 is 1.41 bits per heavy atom. The fraction of sp³-hybridized carbons (Fsp3) is 0.667. The standard InChI is InChI=1S/C12H22N4S/c1-4-7-14-12(13-5-2)15-8-6-11-9-17-10(3)16-11/h9H,4-8H2,1-3H3,(H2,13,14,15). The lowest BCUT2D eigenvalue weighted by atomic mass is 10.3. The predicted octanol–water partition coefficient (Wildman–Crippen LogP) is 1.96. The van der Waals surface area contributed by atoms with Gasteiger partial charge in [-0.2, -0.15) is 0 Å². The van der Waals surface area contributed by atoms with Gasteiger partial charge in [0.2, 0.25) is 0 Å². The lowest BCUT2D eigenvalue weighted by Crippen LogP contribution is -2.38. The maximum absolute atomic E-state index is 4.44. The van der Waals surface area contributed by atoms with Gasteiger partial charge in [0.25, 0.3) is 0 Å². The van der Waals surface area contributed by atoms with Crippen LogP contribution in [0.1, 0.15) is 31.0 Å². The Kier molecular flexibility index (Phi) is 6.62. The van der Waals surface area contributed by atoms with E-state index in [1.807, 2.05) is 6.92 Å². The summed E-state index contributed by atoms with van der Waals surface area (Å²) in [6.07, 6.45) is 2.02. The van der Waals surface area contributed by atoms with Crippen molar-refractivity contribution in [2.75, 3.05) is 19.6 Å². The van der Waals surface area contributed by atoms with E-state index in [-0.39, 0.29) is 0 Å². The van der Waals surface area contributed by atoms with Gasteiger partial charge < -0.3 is 10.6 Å². The second kappa shape index (κ2) is 8.06. The van der Waals surface area contributed by atoms with E-state index in [2.05, 4.69) is 39.8 Å². The number of nitrogens with one attached hydrogen (secondary N) is 2. The first kappa shape index (κ1) is 14.0. The third kappa shape index (κ3) is 5.68. The summed E-state index contributed by atoms with van der Waals surface area (Å²) in [4.78, 5) is 8.88. The van der Waals surface area contributed by atoms with Crippen LogP contribution < -0.4 is 10.6 Å². The zero-order valence-corrected chi connectivity index (χ0v) is 11.7. The molecule has 1 aromatic heterocycles. The third-order valence-corrected chi connectivity index (χ3v) is 3.00. The molecule has 17 heavy (non-hydrogen) atoms. The van der Waals surface area contributed by atoms with Crippen LogP contribution in [0, 0.1) is 6.92 Å². The number of hydrogen-bond donors (Lipinski definition) is 2. The highest BCUT2D eigenvalue weighted by Crippen LogP contribution is 2.07. The average molecular weight is 254 g/mol. The van der Waals surface area contributed by atoms with Crippen LogP contribution in [0.2, 0.25) is 0 Å². The number of rotatable bonds is 6. The van der Waals surface area contributed by atoms with Crippen LogP contribution in [-0.2, 0) is 6.42 Å². The minimum Gasteiger partial charge on any atom is -0.357 e. The van der Waals surface area contributed by atoms with Crippen molar-refractivity contribution < 1.29 is 0 Å². The molecule has 0 bridgehead atoms. The van der Waals surface area contributed by atoms with Crippen LogP contribution in [0.4, 0.5) is 0 Å². The molecule has 0 amide bonds. The third-order valence-electron chi connectivity index (χ3n) is 2.18. The molecule has 0 aliphatic carbocycles. The summed E-state index contributed by atoms with van der Waals surface area (Å²) in [5, 5.41) is 9.80. The van der Waals surface area contributed by atoms with Gasteiger partial charge in [-0.05, 0) is 20.3 Å². The Bertz CT molecular complexity index is 346. The van der Waals surface area contributed by atoms with Crippen LogP contribution >= 0.6 is 11.3 Å². The topological polar surface area (TPSA) is 49.3 Å². The average Bonchev–Trinajstić information content (AvgIpc) is 2.72. The molecule has 0 aromatic carbocycles. The van der Waals surface area contributed by atoms with E-state index >= 15 is 0 Å². The van der Waals surface area contributed by atoms with Crippen LogP contribution in [0.5, 0.6) is 0 Å². The quantitative estimate of drug-likeness (QED) is 0.603. The van der Waals surface area contributed by atoms with Gasteiger partial charge in [-0.25, -0.2) is 4.98 Å². The predicted molar refractivity (Wildman–Crippen MR) is 74.8 cm³/mol. The number of nitrogens with zero attached hydrogens (tertiary/aromatic N) is 2. The lowest BCUT2D eigenvalue weighted by molar-refractivity contribution is 0.785. The van der Waals surface area contributed by atoms with Gasteiger partial charge in [0, 0.05) is 31.4 Å². The van der Waals surface area contributed by atoms with Crippen molar-refractivity contribution >= 4 is 17.3 Å². The van der Waals surface area contributed by atoms with Crippen molar-refractivity contribution in [1.82, 2.24) is 15.6 Å². The van der Waals surface area contributed by atoms with E-state index in [1.165, 1.54) is 0 Å². The van der Waals surface area contributed by atoms with Crippen LogP contribution in [0.15, 0.2) is 10.4 Å². The van der Waals surface area contributed by atoms with Gasteiger partial charge in [-0.15, -0.1) is 11.3 Å². The molecule has 1 aromatic rings. The number of aliphatic imine (C=N–C) groups is 1. The summed E-state index contributed by atoms with van der Waals surface area (Å²) in [5.74, 6) is 0.904. The molecule has 0 aliphatic rings. The molecule has 0 saturated carbocycles. The zero-order valence-electron chi connectivity index (χ0n) is 10.9. The Balaban J connectivity index is 2.31. The molecule has 0 saturated heterocycles. The van der Waals surface area contributed by atoms with Crippen LogP contribution in [0.3, 0.4) is 0 Å². The second-order valence-corrected chi connectivity index (χ2v) is 4.86. The van der Waals surface area contributed by atoms with Crippen molar-refractivity contribution in [2.24, 2.45) is 4.99 Å². The van der Waals surface area contributed by atoms with Gasteiger partial charge in [0.05, 0.1) is 10.7 Å². The molecule has 0 atom stereocenters. The largest absolute Gasteiger partial charge is 0.357 e. The Morgan fingerprint density at radius 2 is 2.24 bits per heavy atom. The minimum atomic E-state index is 0.866. The molecule has 4 nitrogen and oxygen atoms in total. The molecule has 2 N–H and O–H groups in total. The summed E-state index contributed by atoms with van der Waals surface area (Å²) in [5.41, 5.74) is 1.16. The number of aromatic nitrogens is 1. The first-order valence-electron chi connectivity index (χ1n) is 6.19. The fourth-order valence-electron chi connectivity index (χ4n) is 1.40. The van der Waals surface area contributed by atoms with Crippen molar-refractivity contribution in [3.63, 3.8) is 0 Å². The molecule has 0 unspecified atom stereocenters. The van der Waals surface area contributed by atoms with Gasteiger partial charge >= 0.3 is 0 Å². The molecule has 0 fully saturated rings. The van der Waals surface area contributed by atoms with E-state index in [9.17, 15) is 0 Å². The molecule has 1 heterocycles. The van der Waals surface area contributed by atoms with Gasteiger partial charge in [0.15, 0.2) is 5.96 Å². The summed E-state index contributed by atoms with van der Waals surface area (Å²) in [6, 6.07) is 0. The Morgan fingerprint density at radius 3 is 2.82 bits per heavy atom. The lowest BCUT2D eigenvalue weighted by Gasteiger charge is -2.10. The SMILES string of the molecule is CCCN=C(NCC)NCCc1csc(C)n1. The highest BCUT2D eigenvalue weighted by atomic mass is 32.1. The zero-order chi connectivity index (χ0) is 12.5. The van der Waals surface area contributed by atoms with Gasteiger partial charge in [-0.1, -0.05) is 6.92 Å². The fourth-order valence-corrected chi connectivity index (χ4v) is 2.04. The number of aryl methyl sites for hydroxylation is 1. The van der Waals surface area contributed by atoms with E-state index in [0.717, 1.165) is 49.1 Å². The molecule has 96 valence electrons. The molecular weight excluding hydrogens is 232 g/mol. The van der Waals surface area contributed by atoms with Gasteiger partial charge in [-0.3, -0.25) is 4.99 Å². The number of hydrogen-bond acceptors (Lipinski definition) is 3. The highest BCUT2D eigenvalue weighted by molar-refractivity contribution is 7.09. The second-order valence-electron chi connectivity index (χ2n) is 3.80. The molecule has 0 radical (unpaired) electrons. The minimum absolute atomic E-state index is 0.866. The summed E-state index contributed by atoms with van der Waals surface area (Å²) >= 11 is 1.70. The van der Waals surface area contributed by atoms with E-state index < -0.39 is 0 Å². The monoisotopic (exact) mass is 254 g/mol. The number of guanidine groups is 1. The van der Waals surface area contributed by atoms with Crippen molar-refractivity contribution in [3.8, 4) is 0 Å². The smallest absolute Gasteiger partial charge is 0.191 e. The molecule has 1 rings (SSSR count). The van der Waals surface area contributed by atoms with Crippen LogP contribution in [0.25, 0.3) is 0 Å².